The Morgan fingerprint density at radius 3 is 2.50 bits per heavy atom. The van der Waals surface area contributed by atoms with E-state index in [1.807, 2.05) is 0 Å². The molecule has 112 valence electrons. The monoisotopic (exact) mass is 351 g/mol. The number of halogens is 4. The van der Waals surface area contributed by atoms with E-state index in [2.05, 4.69) is 21.2 Å². The molecule has 0 aliphatic rings. The molecule has 0 aliphatic carbocycles. The van der Waals surface area contributed by atoms with Crippen molar-refractivity contribution in [2.75, 3.05) is 11.9 Å². The van der Waals surface area contributed by atoms with Crippen molar-refractivity contribution in [2.24, 2.45) is 0 Å². The van der Waals surface area contributed by atoms with Crippen molar-refractivity contribution >= 4 is 21.8 Å². The van der Waals surface area contributed by atoms with Crippen LogP contribution >= 0.6 is 15.9 Å². The van der Waals surface area contributed by atoms with E-state index in [0.29, 0.717) is 6.54 Å². The quantitative estimate of drug-likeness (QED) is 0.572. The third-order valence-corrected chi connectivity index (χ3v) is 3.36. The van der Waals surface area contributed by atoms with Gasteiger partial charge in [-0.2, -0.15) is 13.2 Å². The zero-order chi connectivity index (χ0) is 15.0. The Balaban J connectivity index is 2.44. The fourth-order valence-corrected chi connectivity index (χ4v) is 2.11. The van der Waals surface area contributed by atoms with Crippen LogP contribution in [0.2, 0.25) is 0 Å². The Hall–Kier alpha value is -1.04. The van der Waals surface area contributed by atoms with Gasteiger partial charge < -0.3 is 5.32 Å². The minimum atomic E-state index is -4.42. The summed E-state index contributed by atoms with van der Waals surface area (Å²) in [7, 11) is 0. The number of carbonyl (C=O) groups is 1. The number of hydrogen-bond donors (Lipinski definition) is 1. The molecular formula is C14H17BrF3NO. The highest BCUT2D eigenvalue weighted by Crippen LogP contribution is 2.29. The van der Waals surface area contributed by atoms with Crippen molar-refractivity contribution in [1.82, 2.24) is 5.32 Å². The van der Waals surface area contributed by atoms with Crippen molar-refractivity contribution in [3.63, 3.8) is 0 Å². The molecule has 0 fully saturated rings. The first-order valence-electron chi connectivity index (χ1n) is 6.46. The maximum atomic E-state index is 12.5. The number of carbonyl (C=O) groups excluding carboxylic acids is 1. The van der Waals surface area contributed by atoms with E-state index in [4.69, 9.17) is 0 Å². The molecule has 1 rings (SSSR count). The molecular weight excluding hydrogens is 335 g/mol. The van der Waals surface area contributed by atoms with Crippen LogP contribution in [-0.2, 0) is 6.18 Å². The molecule has 0 atom stereocenters. The Morgan fingerprint density at radius 1 is 1.15 bits per heavy atom. The van der Waals surface area contributed by atoms with Gasteiger partial charge in [0.15, 0.2) is 0 Å². The first-order valence-corrected chi connectivity index (χ1v) is 7.58. The van der Waals surface area contributed by atoms with Gasteiger partial charge in [0, 0.05) is 17.4 Å². The lowest BCUT2D eigenvalue weighted by Crippen LogP contribution is -2.24. The van der Waals surface area contributed by atoms with Crippen LogP contribution in [-0.4, -0.2) is 17.8 Å². The second-order valence-electron chi connectivity index (χ2n) is 4.44. The van der Waals surface area contributed by atoms with E-state index >= 15 is 0 Å². The van der Waals surface area contributed by atoms with E-state index in [9.17, 15) is 18.0 Å². The van der Waals surface area contributed by atoms with E-state index in [1.165, 1.54) is 12.1 Å². The molecule has 0 saturated heterocycles. The van der Waals surface area contributed by atoms with Crippen molar-refractivity contribution in [3.05, 3.63) is 35.4 Å². The van der Waals surface area contributed by atoms with Gasteiger partial charge in [-0.1, -0.05) is 34.8 Å². The minimum Gasteiger partial charge on any atom is -0.352 e. The maximum Gasteiger partial charge on any atom is 0.416 e. The molecule has 1 N–H and O–H groups in total. The van der Waals surface area contributed by atoms with Crippen LogP contribution in [0.15, 0.2) is 24.3 Å². The van der Waals surface area contributed by atoms with E-state index in [0.717, 1.165) is 43.1 Å². The van der Waals surface area contributed by atoms with Crippen LogP contribution in [0.3, 0.4) is 0 Å². The third-order valence-electron chi connectivity index (χ3n) is 2.80. The summed E-state index contributed by atoms with van der Waals surface area (Å²) in [5.41, 5.74) is -0.761. The summed E-state index contributed by atoms with van der Waals surface area (Å²) in [6.45, 7) is 0.483. The third kappa shape index (κ3) is 5.94. The molecule has 0 heterocycles. The molecule has 0 unspecified atom stereocenters. The van der Waals surface area contributed by atoms with E-state index < -0.39 is 17.6 Å². The number of hydrogen-bond acceptors (Lipinski definition) is 1. The van der Waals surface area contributed by atoms with E-state index in [1.54, 1.807) is 0 Å². The normalized spacial score (nSPS) is 11.4. The highest BCUT2D eigenvalue weighted by molar-refractivity contribution is 9.09. The van der Waals surface area contributed by atoms with Crippen LogP contribution in [0.1, 0.15) is 41.6 Å². The summed E-state index contributed by atoms with van der Waals surface area (Å²) in [5, 5.41) is 3.60. The maximum absolute atomic E-state index is 12.5. The van der Waals surface area contributed by atoms with Crippen molar-refractivity contribution in [3.8, 4) is 0 Å². The number of benzene rings is 1. The molecule has 1 aromatic carbocycles. The number of rotatable bonds is 7. The van der Waals surface area contributed by atoms with Gasteiger partial charge in [-0.25, -0.2) is 0 Å². The summed E-state index contributed by atoms with van der Waals surface area (Å²) < 4.78 is 37.6. The summed E-state index contributed by atoms with van der Waals surface area (Å²) in [6, 6.07) is 4.46. The average molecular weight is 352 g/mol. The van der Waals surface area contributed by atoms with Gasteiger partial charge in [0.25, 0.3) is 5.91 Å². The molecule has 1 aromatic rings. The summed E-state index contributed by atoms with van der Waals surface area (Å²) in [4.78, 5) is 11.7. The molecule has 0 spiro atoms. The first-order chi connectivity index (χ1) is 9.45. The topological polar surface area (TPSA) is 29.1 Å². The van der Waals surface area contributed by atoms with Gasteiger partial charge >= 0.3 is 6.18 Å². The Labute approximate surface area is 124 Å². The second kappa shape index (κ2) is 8.29. The minimum absolute atomic E-state index is 0.0419. The summed E-state index contributed by atoms with van der Waals surface area (Å²) >= 11 is 3.33. The molecule has 1 amide bonds. The lowest BCUT2D eigenvalue weighted by atomic mass is 10.1. The number of alkyl halides is 4. The van der Waals surface area contributed by atoms with Crippen LogP contribution in [0.5, 0.6) is 0 Å². The van der Waals surface area contributed by atoms with Gasteiger partial charge in [0.1, 0.15) is 0 Å². The van der Waals surface area contributed by atoms with Crippen molar-refractivity contribution in [2.45, 2.75) is 31.9 Å². The fraction of sp³-hybridized carbons (Fsp3) is 0.500. The van der Waals surface area contributed by atoms with Crippen molar-refractivity contribution < 1.29 is 18.0 Å². The largest absolute Gasteiger partial charge is 0.416 e. The van der Waals surface area contributed by atoms with Gasteiger partial charge in [-0.05, 0) is 31.0 Å². The molecule has 0 aromatic heterocycles. The van der Waals surface area contributed by atoms with Gasteiger partial charge in [0.05, 0.1) is 5.56 Å². The molecule has 2 nitrogen and oxygen atoms in total. The highest BCUT2D eigenvalue weighted by atomic mass is 79.9. The zero-order valence-electron chi connectivity index (χ0n) is 11.0. The summed E-state index contributed by atoms with van der Waals surface area (Å²) in [6.07, 6.45) is -0.440. The number of unbranched alkanes of at least 4 members (excludes halogenated alkanes) is 3. The first kappa shape index (κ1) is 17.0. The standard InChI is InChI=1S/C14H17BrF3NO/c15-8-3-1-2-4-9-19-13(20)11-6-5-7-12(10-11)14(16,17)18/h5-7,10H,1-4,8-9H2,(H,19,20). The average Bonchev–Trinajstić information content (AvgIpc) is 2.41. The lowest BCUT2D eigenvalue weighted by molar-refractivity contribution is -0.137. The molecule has 0 radical (unpaired) electrons. The predicted molar refractivity (Wildman–Crippen MR) is 76.0 cm³/mol. The molecule has 0 aliphatic heterocycles. The Morgan fingerprint density at radius 2 is 1.85 bits per heavy atom. The molecule has 0 saturated carbocycles. The number of amides is 1. The SMILES string of the molecule is O=C(NCCCCCCBr)c1cccc(C(F)(F)F)c1. The number of nitrogens with one attached hydrogen (secondary N) is 1. The van der Waals surface area contributed by atoms with E-state index in [-0.39, 0.29) is 5.56 Å². The zero-order valence-corrected chi connectivity index (χ0v) is 12.6. The Bertz CT molecular complexity index is 435. The van der Waals surface area contributed by atoms with Gasteiger partial charge in [-0.3, -0.25) is 4.79 Å². The predicted octanol–water partition coefficient (Wildman–Crippen LogP) is 4.39. The summed E-state index contributed by atoms with van der Waals surface area (Å²) in [5.74, 6) is -0.461. The molecule has 6 heteroatoms. The van der Waals surface area contributed by atoms with Crippen LogP contribution in [0, 0.1) is 0 Å². The van der Waals surface area contributed by atoms with Gasteiger partial charge in [-0.15, -0.1) is 0 Å². The fourth-order valence-electron chi connectivity index (χ4n) is 1.71. The second-order valence-corrected chi connectivity index (χ2v) is 5.23. The lowest BCUT2D eigenvalue weighted by Gasteiger charge is -2.09. The van der Waals surface area contributed by atoms with Gasteiger partial charge in [0.2, 0.25) is 0 Å². The Kier molecular flexibility index (Phi) is 7.05. The highest BCUT2D eigenvalue weighted by Gasteiger charge is 2.30. The van der Waals surface area contributed by atoms with Crippen LogP contribution < -0.4 is 5.32 Å². The smallest absolute Gasteiger partial charge is 0.352 e. The van der Waals surface area contributed by atoms with Crippen molar-refractivity contribution in [1.29, 1.82) is 0 Å². The van der Waals surface area contributed by atoms with Crippen LogP contribution in [0.4, 0.5) is 13.2 Å². The molecule has 20 heavy (non-hydrogen) atoms. The van der Waals surface area contributed by atoms with Crippen LogP contribution in [0.25, 0.3) is 0 Å². The molecule has 0 bridgehead atoms.